The summed E-state index contributed by atoms with van der Waals surface area (Å²) in [5, 5.41) is 0. The molecule has 0 bridgehead atoms. The molecule has 1 aliphatic heterocycles. The third-order valence-corrected chi connectivity index (χ3v) is 9.96. The second-order valence-electron chi connectivity index (χ2n) is 8.50. The molecule has 1 aliphatic rings. The van der Waals surface area contributed by atoms with E-state index in [1.165, 1.54) is 18.4 Å². The van der Waals surface area contributed by atoms with E-state index in [1.54, 1.807) is 0 Å². The number of rotatable bonds is 4. The fraction of sp³-hybridized carbons (Fsp3) is 0.647. The Labute approximate surface area is 127 Å². The smallest absolute Gasteiger partial charge is 0.0638 e. The molecular weight excluding hydrogens is 274 g/mol. The van der Waals surface area contributed by atoms with E-state index in [4.69, 9.17) is 0 Å². The predicted octanol–water partition coefficient (Wildman–Crippen LogP) is 4.77. The van der Waals surface area contributed by atoms with E-state index < -0.39 is 16.1 Å². The third kappa shape index (κ3) is 3.63. The zero-order valence-electron chi connectivity index (χ0n) is 14.1. The highest BCUT2D eigenvalue weighted by molar-refractivity contribution is 6.79. The zero-order valence-corrected chi connectivity index (χ0v) is 16.1. The first-order valence-electron chi connectivity index (χ1n) is 7.99. The Hall–Kier alpha value is -0.386. The van der Waals surface area contributed by atoms with Crippen molar-refractivity contribution in [3.8, 4) is 0 Å². The summed E-state index contributed by atoms with van der Waals surface area (Å²) in [4.78, 5) is 2.90. The molecule has 0 spiro atoms. The Bertz CT molecular complexity index is 409. The minimum Gasteiger partial charge on any atom is -0.299 e. The van der Waals surface area contributed by atoms with Crippen LogP contribution in [0.3, 0.4) is 0 Å². The maximum atomic E-state index is 2.90. The first kappa shape index (κ1) is 16.0. The minimum absolute atomic E-state index is 0.861. The molecule has 0 saturated carbocycles. The normalized spacial score (nSPS) is 25.1. The van der Waals surface area contributed by atoms with E-state index in [-0.39, 0.29) is 0 Å². The fourth-order valence-electron chi connectivity index (χ4n) is 3.74. The molecule has 1 aromatic carbocycles. The summed E-state index contributed by atoms with van der Waals surface area (Å²) >= 11 is 0. The highest BCUT2D eigenvalue weighted by Crippen LogP contribution is 2.36. The molecular formula is C17H31NSi2. The standard InChI is InChI=1S/C17H31NSi2/c1-19(2,3)16-12-13-17(20(4,5)6)18(16)14-15-10-8-7-9-11-15/h7-11,16-17H,12-14H2,1-6H3. The van der Waals surface area contributed by atoms with Crippen LogP contribution in [0.4, 0.5) is 0 Å². The highest BCUT2D eigenvalue weighted by atomic mass is 28.3. The van der Waals surface area contributed by atoms with Crippen molar-refractivity contribution in [2.24, 2.45) is 0 Å². The van der Waals surface area contributed by atoms with Gasteiger partial charge in [-0.15, -0.1) is 0 Å². The van der Waals surface area contributed by atoms with E-state index in [0.29, 0.717) is 0 Å². The van der Waals surface area contributed by atoms with Crippen LogP contribution in [0.5, 0.6) is 0 Å². The largest absolute Gasteiger partial charge is 0.299 e. The van der Waals surface area contributed by atoms with E-state index in [9.17, 15) is 0 Å². The van der Waals surface area contributed by atoms with Crippen LogP contribution in [0.1, 0.15) is 18.4 Å². The average molecular weight is 306 g/mol. The number of likely N-dealkylation sites (tertiary alicyclic amines) is 1. The monoisotopic (exact) mass is 305 g/mol. The molecule has 20 heavy (non-hydrogen) atoms. The van der Waals surface area contributed by atoms with Gasteiger partial charge in [-0.1, -0.05) is 69.6 Å². The average Bonchev–Trinajstić information content (AvgIpc) is 2.73. The third-order valence-electron chi connectivity index (χ3n) is 4.72. The van der Waals surface area contributed by atoms with Gasteiger partial charge in [0.15, 0.2) is 0 Å². The summed E-state index contributed by atoms with van der Waals surface area (Å²) in [6.45, 7) is 16.4. The summed E-state index contributed by atoms with van der Waals surface area (Å²) in [6.07, 6.45) is 2.86. The highest BCUT2D eigenvalue weighted by Gasteiger charge is 2.45. The predicted molar refractivity (Wildman–Crippen MR) is 95.5 cm³/mol. The molecule has 2 rings (SSSR count). The Morgan fingerprint density at radius 2 is 1.30 bits per heavy atom. The molecule has 0 aromatic heterocycles. The van der Waals surface area contributed by atoms with Crippen LogP contribution in [0.15, 0.2) is 30.3 Å². The molecule has 1 nitrogen and oxygen atoms in total. The summed E-state index contributed by atoms with van der Waals surface area (Å²) in [5.74, 6) is 0. The second kappa shape index (κ2) is 5.78. The van der Waals surface area contributed by atoms with Crippen molar-refractivity contribution in [2.45, 2.75) is 70.0 Å². The van der Waals surface area contributed by atoms with Crippen molar-refractivity contribution in [3.05, 3.63) is 35.9 Å². The molecule has 1 heterocycles. The number of nitrogens with zero attached hydrogens (tertiary/aromatic N) is 1. The van der Waals surface area contributed by atoms with Gasteiger partial charge in [0, 0.05) is 17.9 Å². The van der Waals surface area contributed by atoms with Gasteiger partial charge in [-0.25, -0.2) is 0 Å². The first-order chi connectivity index (χ1) is 9.19. The molecule has 1 fully saturated rings. The quantitative estimate of drug-likeness (QED) is 0.724. The molecule has 2 atom stereocenters. The van der Waals surface area contributed by atoms with Crippen molar-refractivity contribution in [2.75, 3.05) is 0 Å². The molecule has 0 N–H and O–H groups in total. The molecule has 2 unspecified atom stereocenters. The van der Waals surface area contributed by atoms with Crippen LogP contribution in [-0.2, 0) is 6.54 Å². The SMILES string of the molecule is C[Si](C)(C)C1CCC([Si](C)(C)C)N1Cc1ccccc1. The van der Waals surface area contributed by atoms with Crippen LogP contribution in [0, 0.1) is 0 Å². The summed E-state index contributed by atoms with van der Waals surface area (Å²) in [7, 11) is -2.23. The van der Waals surface area contributed by atoms with Crippen LogP contribution in [0.25, 0.3) is 0 Å². The van der Waals surface area contributed by atoms with Gasteiger partial charge in [-0.2, -0.15) is 0 Å². The van der Waals surface area contributed by atoms with Gasteiger partial charge in [0.1, 0.15) is 0 Å². The van der Waals surface area contributed by atoms with Crippen LogP contribution in [0.2, 0.25) is 39.3 Å². The van der Waals surface area contributed by atoms with E-state index >= 15 is 0 Å². The number of hydrogen-bond acceptors (Lipinski definition) is 1. The Balaban J connectivity index is 2.25. The van der Waals surface area contributed by atoms with E-state index in [0.717, 1.165) is 17.9 Å². The summed E-state index contributed by atoms with van der Waals surface area (Å²) in [5.41, 5.74) is 3.21. The lowest BCUT2D eigenvalue weighted by Gasteiger charge is -2.41. The molecule has 0 radical (unpaired) electrons. The number of hydrogen-bond donors (Lipinski definition) is 0. The van der Waals surface area contributed by atoms with Crippen LogP contribution < -0.4 is 0 Å². The fourth-order valence-corrected chi connectivity index (χ4v) is 8.49. The first-order valence-corrected chi connectivity index (χ1v) is 15.1. The zero-order chi connectivity index (χ0) is 15.0. The maximum Gasteiger partial charge on any atom is 0.0638 e. The Morgan fingerprint density at radius 1 is 0.850 bits per heavy atom. The van der Waals surface area contributed by atoms with Crippen LogP contribution >= 0.6 is 0 Å². The second-order valence-corrected chi connectivity index (χ2v) is 19.3. The van der Waals surface area contributed by atoms with Gasteiger partial charge in [0.2, 0.25) is 0 Å². The van der Waals surface area contributed by atoms with Gasteiger partial charge in [-0.3, -0.25) is 4.90 Å². The molecule has 0 amide bonds. The summed E-state index contributed by atoms with van der Waals surface area (Å²) in [6, 6.07) is 11.1. The number of benzene rings is 1. The van der Waals surface area contributed by atoms with Crippen LogP contribution in [-0.4, -0.2) is 32.4 Å². The lowest BCUT2D eigenvalue weighted by Crippen LogP contribution is -2.55. The van der Waals surface area contributed by atoms with Crippen molar-refractivity contribution in [1.82, 2.24) is 4.90 Å². The molecule has 3 heteroatoms. The molecule has 1 aromatic rings. The summed E-state index contributed by atoms with van der Waals surface area (Å²) < 4.78 is 0. The molecule has 112 valence electrons. The Morgan fingerprint density at radius 3 is 1.70 bits per heavy atom. The van der Waals surface area contributed by atoms with Gasteiger partial charge >= 0.3 is 0 Å². The van der Waals surface area contributed by atoms with Gasteiger partial charge in [0.05, 0.1) is 16.1 Å². The topological polar surface area (TPSA) is 3.24 Å². The van der Waals surface area contributed by atoms with Gasteiger partial charge in [-0.05, 0) is 18.4 Å². The van der Waals surface area contributed by atoms with Crippen molar-refractivity contribution in [3.63, 3.8) is 0 Å². The Kier molecular flexibility index (Phi) is 4.62. The van der Waals surface area contributed by atoms with Gasteiger partial charge in [0.25, 0.3) is 0 Å². The van der Waals surface area contributed by atoms with Crippen molar-refractivity contribution in [1.29, 1.82) is 0 Å². The lowest BCUT2D eigenvalue weighted by molar-refractivity contribution is 0.264. The van der Waals surface area contributed by atoms with E-state index in [2.05, 4.69) is 74.5 Å². The minimum atomic E-state index is -1.11. The molecule has 0 aliphatic carbocycles. The van der Waals surface area contributed by atoms with E-state index in [1.807, 2.05) is 0 Å². The lowest BCUT2D eigenvalue weighted by atomic mass is 10.2. The van der Waals surface area contributed by atoms with Crippen molar-refractivity contribution >= 4 is 16.1 Å². The molecule has 1 saturated heterocycles. The van der Waals surface area contributed by atoms with Gasteiger partial charge < -0.3 is 0 Å². The van der Waals surface area contributed by atoms with Crippen molar-refractivity contribution < 1.29 is 0 Å². The maximum absolute atomic E-state index is 2.90.